The van der Waals surface area contributed by atoms with Gasteiger partial charge in [-0.3, -0.25) is 0 Å². The Bertz CT molecular complexity index is 975. The van der Waals surface area contributed by atoms with E-state index >= 15 is 0 Å². The number of aryl methyl sites for hydroxylation is 2. The van der Waals surface area contributed by atoms with E-state index in [1.165, 1.54) is 3.97 Å². The first-order chi connectivity index (χ1) is 10.9. The van der Waals surface area contributed by atoms with Crippen LogP contribution in [0.4, 0.5) is 0 Å². The molecular formula is C17H18N2O3S. The number of hydrogen-bond acceptors (Lipinski definition) is 4. The van der Waals surface area contributed by atoms with Crippen LogP contribution in [-0.4, -0.2) is 24.0 Å². The summed E-state index contributed by atoms with van der Waals surface area (Å²) in [4.78, 5) is 4.50. The van der Waals surface area contributed by atoms with Crippen LogP contribution in [0.5, 0.6) is 5.75 Å². The van der Waals surface area contributed by atoms with Crippen LogP contribution >= 0.6 is 0 Å². The van der Waals surface area contributed by atoms with Crippen LogP contribution in [0.15, 0.2) is 47.4 Å². The number of nitrogens with zero attached hydrogens (tertiary/aromatic N) is 2. The summed E-state index contributed by atoms with van der Waals surface area (Å²) in [6, 6.07) is 12.4. The zero-order chi connectivity index (χ0) is 16.6. The molecule has 6 heteroatoms. The third-order valence-corrected chi connectivity index (χ3v) is 5.41. The van der Waals surface area contributed by atoms with Crippen molar-refractivity contribution in [3.05, 3.63) is 53.9 Å². The minimum absolute atomic E-state index is 0.158. The van der Waals surface area contributed by atoms with E-state index in [-0.39, 0.29) is 4.90 Å². The van der Waals surface area contributed by atoms with Gasteiger partial charge in [0.1, 0.15) is 16.5 Å². The molecule has 1 heterocycles. The Morgan fingerprint density at radius 1 is 1.13 bits per heavy atom. The van der Waals surface area contributed by atoms with E-state index < -0.39 is 10.0 Å². The average Bonchev–Trinajstić information content (AvgIpc) is 2.85. The topological polar surface area (TPSA) is 61.2 Å². The van der Waals surface area contributed by atoms with Gasteiger partial charge < -0.3 is 4.74 Å². The lowest BCUT2D eigenvalue weighted by Gasteiger charge is -2.14. The first-order valence-electron chi connectivity index (χ1n) is 7.38. The largest absolute Gasteiger partial charge is 0.492 e. The van der Waals surface area contributed by atoms with E-state index in [0.717, 1.165) is 5.56 Å². The number of benzene rings is 2. The summed E-state index contributed by atoms with van der Waals surface area (Å²) in [5, 5.41) is 0. The molecule has 0 unspecified atom stereocenters. The zero-order valence-electron chi connectivity index (χ0n) is 13.3. The summed E-state index contributed by atoms with van der Waals surface area (Å²) < 4.78 is 33.2. The van der Waals surface area contributed by atoms with E-state index in [1.807, 2.05) is 26.0 Å². The maximum atomic E-state index is 13.2. The summed E-state index contributed by atoms with van der Waals surface area (Å²) in [5.41, 5.74) is 2.07. The molecule has 0 saturated carbocycles. The second-order valence-corrected chi connectivity index (χ2v) is 7.06. The number of rotatable bonds is 4. The number of fused-ring (bicyclic) bond motifs is 1. The molecule has 0 aliphatic carbocycles. The van der Waals surface area contributed by atoms with Crippen LogP contribution in [0.25, 0.3) is 11.0 Å². The summed E-state index contributed by atoms with van der Waals surface area (Å²) in [7, 11) is -3.80. The van der Waals surface area contributed by atoms with Crippen LogP contribution in [-0.2, 0) is 10.0 Å². The highest BCUT2D eigenvalue weighted by Gasteiger charge is 2.26. The molecule has 0 spiro atoms. The molecule has 0 radical (unpaired) electrons. The first kappa shape index (κ1) is 15.6. The molecule has 23 heavy (non-hydrogen) atoms. The molecular weight excluding hydrogens is 312 g/mol. The standard InChI is InChI=1S/C17H18N2O3S/c1-4-22-16-10-9-12(2)11-17(16)23(20,21)19-13(3)18-14-7-5-6-8-15(14)19/h5-11H,4H2,1-3H3. The molecule has 0 aliphatic rings. The Hall–Kier alpha value is -2.34. The smallest absolute Gasteiger partial charge is 0.273 e. The fourth-order valence-electron chi connectivity index (χ4n) is 2.62. The lowest BCUT2D eigenvalue weighted by Crippen LogP contribution is -2.16. The van der Waals surface area contributed by atoms with Crippen LogP contribution < -0.4 is 4.74 Å². The Morgan fingerprint density at radius 2 is 1.87 bits per heavy atom. The summed E-state index contributed by atoms with van der Waals surface area (Å²) in [6.45, 7) is 5.77. The van der Waals surface area contributed by atoms with Gasteiger partial charge in [-0.2, -0.15) is 0 Å². The van der Waals surface area contributed by atoms with E-state index in [4.69, 9.17) is 4.74 Å². The molecule has 5 nitrogen and oxygen atoms in total. The Balaban J connectivity index is 2.30. The molecule has 3 rings (SSSR count). The van der Waals surface area contributed by atoms with E-state index in [1.54, 1.807) is 37.3 Å². The van der Waals surface area contributed by atoms with Crippen molar-refractivity contribution in [3.8, 4) is 5.75 Å². The highest BCUT2D eigenvalue weighted by atomic mass is 32.2. The summed E-state index contributed by atoms with van der Waals surface area (Å²) in [5.74, 6) is 0.783. The van der Waals surface area contributed by atoms with E-state index in [2.05, 4.69) is 4.98 Å². The SMILES string of the molecule is CCOc1ccc(C)cc1S(=O)(=O)n1c(C)nc2ccccc21. The van der Waals surface area contributed by atoms with E-state index in [0.29, 0.717) is 29.2 Å². The number of hydrogen-bond donors (Lipinski definition) is 0. The average molecular weight is 330 g/mol. The summed E-state index contributed by atoms with van der Waals surface area (Å²) >= 11 is 0. The Morgan fingerprint density at radius 3 is 2.61 bits per heavy atom. The van der Waals surface area contributed by atoms with E-state index in [9.17, 15) is 8.42 Å². The van der Waals surface area contributed by atoms with Gasteiger partial charge in [-0.05, 0) is 50.6 Å². The maximum absolute atomic E-state index is 13.2. The van der Waals surface area contributed by atoms with Crippen LogP contribution in [0.2, 0.25) is 0 Å². The van der Waals surface area contributed by atoms with Gasteiger partial charge in [0, 0.05) is 0 Å². The predicted octanol–water partition coefficient (Wildman–Crippen LogP) is 3.29. The Labute approximate surface area is 135 Å². The number of imidazole rings is 1. The molecule has 0 saturated heterocycles. The fraction of sp³-hybridized carbons (Fsp3) is 0.235. The second-order valence-electron chi connectivity index (χ2n) is 5.30. The minimum Gasteiger partial charge on any atom is -0.492 e. The molecule has 0 amide bonds. The van der Waals surface area contributed by atoms with Gasteiger partial charge in [0.2, 0.25) is 0 Å². The molecule has 0 aliphatic heterocycles. The highest BCUT2D eigenvalue weighted by molar-refractivity contribution is 7.90. The van der Waals surface area contributed by atoms with Crippen molar-refractivity contribution in [1.29, 1.82) is 0 Å². The first-order valence-corrected chi connectivity index (χ1v) is 8.82. The molecule has 0 N–H and O–H groups in total. The van der Waals surface area contributed by atoms with Gasteiger partial charge in [0.25, 0.3) is 10.0 Å². The summed E-state index contributed by atoms with van der Waals surface area (Å²) in [6.07, 6.45) is 0. The fourth-order valence-corrected chi connectivity index (χ4v) is 4.33. The third-order valence-electron chi connectivity index (χ3n) is 3.59. The monoisotopic (exact) mass is 330 g/mol. The Kier molecular flexibility index (Phi) is 3.85. The minimum atomic E-state index is -3.80. The van der Waals surface area contributed by atoms with Crippen molar-refractivity contribution >= 4 is 21.1 Å². The van der Waals surface area contributed by atoms with Crippen molar-refractivity contribution in [2.45, 2.75) is 25.7 Å². The highest BCUT2D eigenvalue weighted by Crippen LogP contribution is 2.30. The van der Waals surface area contributed by atoms with Crippen molar-refractivity contribution in [2.24, 2.45) is 0 Å². The molecule has 0 fully saturated rings. The van der Waals surface area contributed by atoms with Gasteiger partial charge in [0.15, 0.2) is 0 Å². The van der Waals surface area contributed by atoms with Crippen LogP contribution in [0.1, 0.15) is 18.3 Å². The molecule has 120 valence electrons. The zero-order valence-corrected chi connectivity index (χ0v) is 14.1. The van der Waals surface area contributed by atoms with Gasteiger partial charge in [-0.15, -0.1) is 0 Å². The lowest BCUT2D eigenvalue weighted by atomic mass is 10.2. The van der Waals surface area contributed by atoms with Gasteiger partial charge in [-0.25, -0.2) is 17.4 Å². The van der Waals surface area contributed by atoms with Crippen LogP contribution in [0.3, 0.4) is 0 Å². The van der Waals surface area contributed by atoms with Crippen molar-refractivity contribution < 1.29 is 13.2 Å². The maximum Gasteiger partial charge on any atom is 0.273 e. The molecule has 0 atom stereocenters. The molecule has 2 aromatic carbocycles. The lowest BCUT2D eigenvalue weighted by molar-refractivity contribution is 0.331. The van der Waals surface area contributed by atoms with Crippen LogP contribution in [0, 0.1) is 13.8 Å². The predicted molar refractivity (Wildman–Crippen MR) is 89.4 cm³/mol. The third kappa shape index (κ3) is 2.59. The molecule has 3 aromatic rings. The molecule has 1 aromatic heterocycles. The number of ether oxygens (including phenoxy) is 1. The second kappa shape index (κ2) is 5.70. The van der Waals surface area contributed by atoms with Crippen molar-refractivity contribution in [1.82, 2.24) is 8.96 Å². The van der Waals surface area contributed by atoms with Gasteiger partial charge in [-0.1, -0.05) is 18.2 Å². The normalized spacial score (nSPS) is 11.8. The van der Waals surface area contributed by atoms with Crippen molar-refractivity contribution in [2.75, 3.05) is 6.61 Å². The van der Waals surface area contributed by atoms with Gasteiger partial charge >= 0.3 is 0 Å². The number of para-hydroxylation sites is 2. The number of aromatic nitrogens is 2. The molecule has 0 bridgehead atoms. The van der Waals surface area contributed by atoms with Crippen molar-refractivity contribution in [3.63, 3.8) is 0 Å². The quantitative estimate of drug-likeness (QED) is 0.736. The van der Waals surface area contributed by atoms with Gasteiger partial charge in [0.05, 0.1) is 17.6 Å².